The summed E-state index contributed by atoms with van der Waals surface area (Å²) in [5.41, 5.74) is 0. The number of piperidine rings is 1. The third-order valence-corrected chi connectivity index (χ3v) is 8.40. The molecule has 1 aromatic carbocycles. The Hall–Kier alpha value is -1.11. The van der Waals surface area contributed by atoms with Crippen LogP contribution in [0, 0.1) is 17.8 Å². The molecule has 2 saturated carbocycles. The van der Waals surface area contributed by atoms with Gasteiger partial charge in [0.2, 0.25) is 15.9 Å². The van der Waals surface area contributed by atoms with Gasteiger partial charge in [0.05, 0.1) is 10.8 Å². The van der Waals surface area contributed by atoms with Gasteiger partial charge in [0.1, 0.15) is 0 Å². The van der Waals surface area contributed by atoms with Crippen molar-refractivity contribution < 1.29 is 13.2 Å². The van der Waals surface area contributed by atoms with E-state index in [0.29, 0.717) is 29.9 Å². The molecule has 5 nitrogen and oxygen atoms in total. The van der Waals surface area contributed by atoms with Gasteiger partial charge in [-0.15, -0.1) is 0 Å². The van der Waals surface area contributed by atoms with E-state index in [1.807, 2.05) is 0 Å². The van der Waals surface area contributed by atoms with Crippen molar-refractivity contribution in [2.24, 2.45) is 17.8 Å². The van der Waals surface area contributed by atoms with Gasteiger partial charge < -0.3 is 5.32 Å². The molecule has 2 bridgehead atoms. The summed E-state index contributed by atoms with van der Waals surface area (Å²) in [6, 6.07) is 6.51. The van der Waals surface area contributed by atoms with Gasteiger partial charge in [-0.25, -0.2) is 8.42 Å². The Kier molecular flexibility index (Phi) is 5.01. The fraction of sp³-hybridized carbons (Fsp3) is 0.632. The monoisotopic (exact) mass is 396 g/mol. The van der Waals surface area contributed by atoms with Crippen LogP contribution in [-0.2, 0) is 14.8 Å². The Balaban J connectivity index is 1.42. The molecule has 0 unspecified atom stereocenters. The van der Waals surface area contributed by atoms with Crippen LogP contribution in [0.5, 0.6) is 0 Å². The van der Waals surface area contributed by atoms with Gasteiger partial charge in [-0.3, -0.25) is 4.79 Å². The molecule has 2 aliphatic carbocycles. The van der Waals surface area contributed by atoms with E-state index in [1.165, 1.54) is 35.7 Å². The Labute approximate surface area is 160 Å². The number of fused-ring (bicyclic) bond motifs is 2. The number of halogens is 1. The number of nitrogens with zero attached hydrogens (tertiary/aromatic N) is 1. The summed E-state index contributed by atoms with van der Waals surface area (Å²) in [6.07, 6.45) is 6.31. The zero-order chi connectivity index (χ0) is 18.3. The normalized spacial score (nSPS) is 31.9. The molecular weight excluding hydrogens is 372 g/mol. The first-order valence-electron chi connectivity index (χ1n) is 9.49. The summed E-state index contributed by atoms with van der Waals surface area (Å²) < 4.78 is 27.2. The van der Waals surface area contributed by atoms with Crippen LogP contribution in [0.4, 0.5) is 0 Å². The number of carbonyl (C=O) groups excluding carboxylic acids is 1. The SMILES string of the molecule is O=C(N[C@H]1C[C@H]2CC[C@H]1C2)[C@@H]1CCCN(S(=O)(=O)c2ccc(Cl)cc2)C1. The topological polar surface area (TPSA) is 66.5 Å². The second-order valence-electron chi connectivity index (χ2n) is 7.95. The van der Waals surface area contributed by atoms with Crippen LogP contribution < -0.4 is 5.32 Å². The lowest BCUT2D eigenvalue weighted by molar-refractivity contribution is -0.127. The van der Waals surface area contributed by atoms with E-state index in [-0.39, 0.29) is 23.3 Å². The molecule has 26 heavy (non-hydrogen) atoms. The van der Waals surface area contributed by atoms with Gasteiger partial charge in [-0.1, -0.05) is 18.0 Å². The average Bonchev–Trinajstić information content (AvgIpc) is 3.25. The van der Waals surface area contributed by atoms with Crippen molar-refractivity contribution >= 4 is 27.5 Å². The maximum absolute atomic E-state index is 12.9. The maximum Gasteiger partial charge on any atom is 0.243 e. The minimum absolute atomic E-state index is 0.0264. The van der Waals surface area contributed by atoms with Crippen LogP contribution >= 0.6 is 11.6 Å². The molecule has 1 N–H and O–H groups in total. The zero-order valence-corrected chi connectivity index (χ0v) is 16.3. The van der Waals surface area contributed by atoms with Crippen molar-refractivity contribution in [3.8, 4) is 0 Å². The van der Waals surface area contributed by atoms with E-state index >= 15 is 0 Å². The number of amides is 1. The molecule has 3 aliphatic rings. The Morgan fingerprint density at radius 2 is 1.88 bits per heavy atom. The average molecular weight is 397 g/mol. The van der Waals surface area contributed by atoms with E-state index in [4.69, 9.17) is 11.6 Å². The lowest BCUT2D eigenvalue weighted by Gasteiger charge is -2.33. The second kappa shape index (κ2) is 7.13. The van der Waals surface area contributed by atoms with E-state index in [9.17, 15) is 13.2 Å². The Bertz CT molecular complexity index is 780. The summed E-state index contributed by atoms with van der Waals surface area (Å²) in [5.74, 6) is 1.17. The smallest absolute Gasteiger partial charge is 0.243 e. The van der Waals surface area contributed by atoms with Crippen molar-refractivity contribution in [3.05, 3.63) is 29.3 Å². The lowest BCUT2D eigenvalue weighted by atomic mass is 9.93. The van der Waals surface area contributed by atoms with E-state index < -0.39 is 10.0 Å². The van der Waals surface area contributed by atoms with Gasteiger partial charge in [0.25, 0.3) is 0 Å². The van der Waals surface area contributed by atoms with Crippen molar-refractivity contribution in [3.63, 3.8) is 0 Å². The largest absolute Gasteiger partial charge is 0.353 e. The van der Waals surface area contributed by atoms with Gasteiger partial charge in [0.15, 0.2) is 0 Å². The molecule has 1 aromatic rings. The predicted molar refractivity (Wildman–Crippen MR) is 100 cm³/mol. The number of hydrogen-bond acceptors (Lipinski definition) is 3. The highest BCUT2D eigenvalue weighted by Crippen LogP contribution is 2.44. The molecule has 1 heterocycles. The van der Waals surface area contributed by atoms with Crippen molar-refractivity contribution in [2.45, 2.75) is 49.5 Å². The minimum atomic E-state index is -3.59. The first-order chi connectivity index (χ1) is 12.4. The number of rotatable bonds is 4. The highest BCUT2D eigenvalue weighted by atomic mass is 35.5. The molecular formula is C19H25ClN2O3S. The summed E-state index contributed by atoms with van der Waals surface area (Å²) in [5, 5.41) is 3.73. The molecule has 7 heteroatoms. The zero-order valence-electron chi connectivity index (χ0n) is 14.7. The van der Waals surface area contributed by atoms with Crippen LogP contribution in [-0.4, -0.2) is 37.8 Å². The molecule has 4 rings (SSSR count). The molecule has 0 aromatic heterocycles. The molecule has 0 radical (unpaired) electrons. The van der Waals surface area contributed by atoms with Crippen molar-refractivity contribution in [1.82, 2.24) is 9.62 Å². The quantitative estimate of drug-likeness (QED) is 0.850. The van der Waals surface area contributed by atoms with Crippen LogP contribution in [0.25, 0.3) is 0 Å². The van der Waals surface area contributed by atoms with Gasteiger partial charge in [0, 0.05) is 24.2 Å². The highest BCUT2D eigenvalue weighted by Gasteiger charge is 2.41. The molecule has 0 spiro atoms. The predicted octanol–water partition coefficient (Wildman–Crippen LogP) is 3.05. The summed E-state index contributed by atoms with van der Waals surface area (Å²) in [7, 11) is -3.59. The van der Waals surface area contributed by atoms with E-state index in [2.05, 4.69) is 5.32 Å². The van der Waals surface area contributed by atoms with E-state index in [1.54, 1.807) is 12.1 Å². The minimum Gasteiger partial charge on any atom is -0.353 e. The molecule has 1 amide bonds. The second-order valence-corrected chi connectivity index (χ2v) is 10.3. The standard InChI is InChI=1S/C19H25ClN2O3S/c20-16-5-7-17(8-6-16)26(24,25)22-9-1-2-15(12-22)19(23)21-18-11-13-3-4-14(18)10-13/h5-8,13-15,18H,1-4,9-12H2,(H,21,23)/t13-,14-,15+,18-/m0/s1. The lowest BCUT2D eigenvalue weighted by Crippen LogP contribution is -2.48. The van der Waals surface area contributed by atoms with Crippen LogP contribution in [0.3, 0.4) is 0 Å². The Morgan fingerprint density at radius 1 is 1.12 bits per heavy atom. The Morgan fingerprint density at radius 3 is 2.54 bits per heavy atom. The molecule has 1 aliphatic heterocycles. The number of sulfonamides is 1. The summed E-state index contributed by atoms with van der Waals surface area (Å²) in [4.78, 5) is 13.0. The number of benzene rings is 1. The first kappa shape index (κ1) is 18.3. The fourth-order valence-electron chi connectivity index (χ4n) is 4.85. The highest BCUT2D eigenvalue weighted by molar-refractivity contribution is 7.89. The molecule has 4 atom stereocenters. The third-order valence-electron chi connectivity index (χ3n) is 6.27. The number of hydrogen-bond donors (Lipinski definition) is 1. The fourth-order valence-corrected chi connectivity index (χ4v) is 6.50. The number of carbonyl (C=O) groups is 1. The molecule has 142 valence electrons. The van der Waals surface area contributed by atoms with Crippen molar-refractivity contribution in [2.75, 3.05) is 13.1 Å². The van der Waals surface area contributed by atoms with Gasteiger partial charge >= 0.3 is 0 Å². The molecule has 1 saturated heterocycles. The number of nitrogens with one attached hydrogen (secondary N) is 1. The van der Waals surface area contributed by atoms with E-state index in [0.717, 1.165) is 18.8 Å². The van der Waals surface area contributed by atoms with Gasteiger partial charge in [-0.05, 0) is 68.2 Å². The first-order valence-corrected chi connectivity index (χ1v) is 11.3. The third kappa shape index (κ3) is 3.51. The van der Waals surface area contributed by atoms with Crippen LogP contribution in [0.1, 0.15) is 38.5 Å². The summed E-state index contributed by atoms with van der Waals surface area (Å²) in [6.45, 7) is 0.723. The summed E-state index contributed by atoms with van der Waals surface area (Å²) >= 11 is 5.86. The van der Waals surface area contributed by atoms with Crippen molar-refractivity contribution in [1.29, 1.82) is 0 Å². The van der Waals surface area contributed by atoms with Crippen LogP contribution in [0.15, 0.2) is 29.2 Å². The molecule has 3 fully saturated rings. The maximum atomic E-state index is 12.9. The van der Waals surface area contributed by atoms with Crippen LogP contribution in [0.2, 0.25) is 5.02 Å². The van der Waals surface area contributed by atoms with Gasteiger partial charge in [-0.2, -0.15) is 4.31 Å².